The number of hydrogen-bond acceptors (Lipinski definition) is 3. The van der Waals surface area contributed by atoms with E-state index in [9.17, 15) is 8.42 Å². The molecule has 0 spiro atoms. The molecular formula is C14H14ClNO3S. The van der Waals surface area contributed by atoms with Gasteiger partial charge >= 0.3 is 0 Å². The quantitative estimate of drug-likeness (QED) is 0.922. The Bertz CT molecular complexity index is 701. The minimum Gasteiger partial charge on any atom is -0.495 e. The fourth-order valence-electron chi connectivity index (χ4n) is 1.78. The lowest BCUT2D eigenvalue weighted by molar-refractivity contribution is 0.417. The summed E-state index contributed by atoms with van der Waals surface area (Å²) in [7, 11) is -2.04. The van der Waals surface area contributed by atoms with Gasteiger partial charge in [-0.3, -0.25) is 4.72 Å². The Morgan fingerprint density at radius 1 is 1.15 bits per heavy atom. The highest BCUT2D eigenvalue weighted by Gasteiger charge is 2.14. The first kappa shape index (κ1) is 14.7. The summed E-state index contributed by atoms with van der Waals surface area (Å²) >= 11 is 5.85. The first-order valence-electron chi connectivity index (χ1n) is 5.88. The Labute approximate surface area is 123 Å². The van der Waals surface area contributed by atoms with Gasteiger partial charge in [-0.2, -0.15) is 0 Å². The number of hydrogen-bond donors (Lipinski definition) is 1. The molecule has 0 aliphatic carbocycles. The molecule has 0 aliphatic heterocycles. The second-order valence-electron chi connectivity index (χ2n) is 4.19. The zero-order chi connectivity index (χ0) is 14.6. The Balaban J connectivity index is 2.19. The van der Waals surface area contributed by atoms with Crippen LogP contribution in [0.25, 0.3) is 0 Å². The number of ether oxygens (including phenoxy) is 1. The molecule has 20 heavy (non-hydrogen) atoms. The minimum absolute atomic E-state index is 0.147. The molecule has 0 aromatic heterocycles. The van der Waals surface area contributed by atoms with E-state index in [0.29, 0.717) is 22.0 Å². The first-order chi connectivity index (χ1) is 9.50. The van der Waals surface area contributed by atoms with Crippen LogP contribution in [0, 0.1) is 0 Å². The first-order valence-corrected chi connectivity index (χ1v) is 7.91. The zero-order valence-corrected chi connectivity index (χ0v) is 12.4. The van der Waals surface area contributed by atoms with Crippen molar-refractivity contribution in [2.24, 2.45) is 0 Å². The molecule has 0 saturated heterocycles. The molecule has 0 amide bonds. The predicted molar refractivity (Wildman–Crippen MR) is 80.7 cm³/mol. The highest BCUT2D eigenvalue weighted by Crippen LogP contribution is 2.25. The summed E-state index contributed by atoms with van der Waals surface area (Å²) in [5, 5.41) is 0.509. The van der Waals surface area contributed by atoms with Crippen molar-refractivity contribution in [1.29, 1.82) is 0 Å². The third kappa shape index (κ3) is 3.88. The van der Waals surface area contributed by atoms with Gasteiger partial charge in [-0.15, -0.1) is 0 Å². The fraction of sp³-hybridized carbons (Fsp3) is 0.143. The molecule has 0 aliphatic rings. The molecule has 0 bridgehead atoms. The maximum atomic E-state index is 12.1. The average molecular weight is 312 g/mol. The molecule has 106 valence electrons. The van der Waals surface area contributed by atoms with Crippen molar-refractivity contribution in [1.82, 2.24) is 0 Å². The monoisotopic (exact) mass is 311 g/mol. The zero-order valence-electron chi connectivity index (χ0n) is 10.8. The molecule has 0 saturated carbocycles. The number of sulfonamides is 1. The van der Waals surface area contributed by atoms with Crippen LogP contribution in [0.1, 0.15) is 5.56 Å². The van der Waals surface area contributed by atoms with Crippen molar-refractivity contribution in [3.8, 4) is 5.75 Å². The van der Waals surface area contributed by atoms with E-state index in [1.165, 1.54) is 7.11 Å². The number of methoxy groups -OCH3 is 1. The van der Waals surface area contributed by atoms with E-state index in [4.69, 9.17) is 16.3 Å². The van der Waals surface area contributed by atoms with E-state index in [0.717, 1.165) is 0 Å². The van der Waals surface area contributed by atoms with Gasteiger partial charge in [0, 0.05) is 5.02 Å². The molecule has 2 aromatic rings. The summed E-state index contributed by atoms with van der Waals surface area (Å²) in [6.07, 6.45) is 0. The van der Waals surface area contributed by atoms with Gasteiger partial charge < -0.3 is 4.74 Å². The van der Waals surface area contributed by atoms with Crippen molar-refractivity contribution in [2.75, 3.05) is 11.8 Å². The van der Waals surface area contributed by atoms with Gasteiger partial charge in [0.1, 0.15) is 5.75 Å². The van der Waals surface area contributed by atoms with E-state index >= 15 is 0 Å². The normalized spacial score (nSPS) is 11.1. The highest BCUT2D eigenvalue weighted by molar-refractivity contribution is 7.91. The second-order valence-corrected chi connectivity index (χ2v) is 6.35. The van der Waals surface area contributed by atoms with Crippen molar-refractivity contribution in [2.45, 2.75) is 5.75 Å². The molecule has 0 unspecified atom stereocenters. The van der Waals surface area contributed by atoms with Crippen LogP contribution in [-0.2, 0) is 15.8 Å². The van der Waals surface area contributed by atoms with Crippen LogP contribution >= 0.6 is 11.6 Å². The third-order valence-corrected chi connectivity index (χ3v) is 4.10. The van der Waals surface area contributed by atoms with Gasteiger partial charge in [-0.05, 0) is 29.8 Å². The Kier molecular flexibility index (Phi) is 4.52. The van der Waals surface area contributed by atoms with Crippen LogP contribution in [-0.4, -0.2) is 15.5 Å². The SMILES string of the molecule is COc1ccccc1NS(=O)(=O)Cc1cccc(Cl)c1. The molecule has 6 heteroatoms. The summed E-state index contributed by atoms with van der Waals surface area (Å²) in [4.78, 5) is 0. The largest absolute Gasteiger partial charge is 0.495 e. The topological polar surface area (TPSA) is 55.4 Å². The highest BCUT2D eigenvalue weighted by atomic mass is 35.5. The van der Waals surface area contributed by atoms with Crippen LogP contribution < -0.4 is 9.46 Å². The van der Waals surface area contributed by atoms with Crippen LogP contribution in [0.15, 0.2) is 48.5 Å². The Hall–Kier alpha value is -1.72. The fourth-order valence-corrected chi connectivity index (χ4v) is 3.19. The number of para-hydroxylation sites is 2. The maximum Gasteiger partial charge on any atom is 0.237 e. The van der Waals surface area contributed by atoms with Gasteiger partial charge in [0.25, 0.3) is 0 Å². The van der Waals surface area contributed by atoms with Gasteiger partial charge in [0.05, 0.1) is 18.6 Å². The van der Waals surface area contributed by atoms with Crippen molar-refractivity contribution in [3.63, 3.8) is 0 Å². The molecule has 1 N–H and O–H groups in total. The molecule has 0 heterocycles. The molecule has 0 radical (unpaired) electrons. The van der Waals surface area contributed by atoms with E-state index in [-0.39, 0.29) is 5.75 Å². The maximum absolute atomic E-state index is 12.1. The van der Waals surface area contributed by atoms with E-state index < -0.39 is 10.0 Å². The third-order valence-electron chi connectivity index (χ3n) is 2.62. The van der Waals surface area contributed by atoms with Crippen LogP contribution in [0.5, 0.6) is 5.75 Å². The number of benzene rings is 2. The number of anilines is 1. The summed E-state index contributed by atoms with van der Waals surface area (Å²) in [5.74, 6) is 0.327. The lowest BCUT2D eigenvalue weighted by Crippen LogP contribution is -2.15. The van der Waals surface area contributed by atoms with Crippen molar-refractivity contribution < 1.29 is 13.2 Å². The number of rotatable bonds is 5. The molecule has 0 fully saturated rings. The van der Waals surface area contributed by atoms with Crippen LogP contribution in [0.3, 0.4) is 0 Å². The summed E-state index contributed by atoms with van der Waals surface area (Å²) in [5.41, 5.74) is 1.04. The summed E-state index contributed by atoms with van der Waals surface area (Å²) in [6.45, 7) is 0. The smallest absolute Gasteiger partial charge is 0.237 e. The lowest BCUT2D eigenvalue weighted by Gasteiger charge is -2.11. The van der Waals surface area contributed by atoms with Crippen LogP contribution in [0.2, 0.25) is 5.02 Å². The number of halogens is 1. The Morgan fingerprint density at radius 3 is 2.60 bits per heavy atom. The van der Waals surface area contributed by atoms with Crippen LogP contribution in [0.4, 0.5) is 5.69 Å². The van der Waals surface area contributed by atoms with Gasteiger partial charge in [0.15, 0.2) is 0 Å². The van der Waals surface area contributed by atoms with Gasteiger partial charge in [-0.25, -0.2) is 8.42 Å². The molecule has 4 nitrogen and oxygen atoms in total. The molecular weight excluding hydrogens is 298 g/mol. The van der Waals surface area contributed by atoms with E-state index in [2.05, 4.69) is 4.72 Å². The Morgan fingerprint density at radius 2 is 1.90 bits per heavy atom. The van der Waals surface area contributed by atoms with Gasteiger partial charge in [-0.1, -0.05) is 35.9 Å². The minimum atomic E-state index is -3.53. The standard InChI is InChI=1S/C14H14ClNO3S/c1-19-14-8-3-2-7-13(14)16-20(17,18)10-11-5-4-6-12(15)9-11/h2-9,16H,10H2,1H3. The molecule has 2 aromatic carbocycles. The summed E-state index contributed by atoms with van der Waals surface area (Å²) < 4.78 is 31.9. The second kappa shape index (κ2) is 6.15. The van der Waals surface area contributed by atoms with E-state index in [1.807, 2.05) is 0 Å². The van der Waals surface area contributed by atoms with Crippen molar-refractivity contribution >= 4 is 27.3 Å². The molecule has 2 rings (SSSR count). The molecule has 0 atom stereocenters. The number of nitrogens with one attached hydrogen (secondary N) is 1. The lowest BCUT2D eigenvalue weighted by atomic mass is 10.2. The van der Waals surface area contributed by atoms with E-state index in [1.54, 1.807) is 48.5 Å². The summed E-state index contributed by atoms with van der Waals surface area (Å²) in [6, 6.07) is 13.6. The van der Waals surface area contributed by atoms with Gasteiger partial charge in [0.2, 0.25) is 10.0 Å². The predicted octanol–water partition coefficient (Wildman–Crippen LogP) is 3.29. The average Bonchev–Trinajstić information content (AvgIpc) is 2.38. The van der Waals surface area contributed by atoms with Crippen molar-refractivity contribution in [3.05, 3.63) is 59.1 Å².